The summed E-state index contributed by atoms with van der Waals surface area (Å²) in [4.78, 5) is 0. The van der Waals surface area contributed by atoms with Crippen molar-refractivity contribution < 1.29 is 0 Å². The van der Waals surface area contributed by atoms with E-state index in [1.54, 1.807) is 16.5 Å². The highest BCUT2D eigenvalue weighted by Gasteiger charge is 2.35. The fraction of sp³-hybridized carbons (Fsp3) is 0.500. The highest BCUT2D eigenvalue weighted by atomic mass is 27.2. The minimum absolute atomic E-state index is 0.753. The van der Waals surface area contributed by atoms with Crippen molar-refractivity contribution in [2.75, 3.05) is 0 Å². The monoisotopic (exact) mass is 294 g/mol. The predicted octanol–water partition coefficient (Wildman–Crippen LogP) is 5.83. The van der Waals surface area contributed by atoms with Gasteiger partial charge >= 0.3 is 0 Å². The molecule has 3 rings (SSSR count). The van der Waals surface area contributed by atoms with Gasteiger partial charge in [0.1, 0.15) is 0 Å². The first-order valence-electron chi connectivity index (χ1n) is 8.56. The third kappa shape index (κ3) is 3.06. The van der Waals surface area contributed by atoms with Gasteiger partial charge in [-0.25, -0.2) is 0 Å². The molecule has 0 fully saturated rings. The molecule has 0 amide bonds. The van der Waals surface area contributed by atoms with Gasteiger partial charge in [0.15, 0.2) is 0 Å². The Labute approximate surface area is 134 Å². The molecule has 1 atom stereocenters. The Balaban J connectivity index is 1.98. The van der Waals surface area contributed by atoms with Gasteiger partial charge in [0.05, 0.1) is 0 Å². The van der Waals surface area contributed by atoms with Gasteiger partial charge in [-0.05, 0) is 28.3 Å². The van der Waals surface area contributed by atoms with Gasteiger partial charge in [0, 0.05) is 0 Å². The summed E-state index contributed by atoms with van der Waals surface area (Å²) >= 11 is -0.753. The second-order valence-electron chi connectivity index (χ2n) is 7.69. The SMILES string of the molecule is CC(C)[CH2][Al]([CH2]C(C)C)[CH]1Cc2cccc3cccc1c23. The molecule has 1 aliphatic carbocycles. The Hall–Kier alpha value is -0.768. The summed E-state index contributed by atoms with van der Waals surface area (Å²) in [6, 6.07) is 13.9. The molecule has 0 saturated heterocycles. The van der Waals surface area contributed by atoms with Crippen LogP contribution in [0, 0.1) is 11.8 Å². The maximum absolute atomic E-state index is 2.42. The van der Waals surface area contributed by atoms with E-state index in [9.17, 15) is 0 Å². The molecule has 110 valence electrons. The summed E-state index contributed by atoms with van der Waals surface area (Å²) in [6.45, 7) is 9.62. The lowest BCUT2D eigenvalue weighted by Gasteiger charge is -2.23. The minimum Gasteiger partial charge on any atom is -0.0911 e. The average molecular weight is 294 g/mol. The summed E-state index contributed by atoms with van der Waals surface area (Å²) in [5.74, 6) is 1.70. The number of rotatable bonds is 5. The quantitative estimate of drug-likeness (QED) is 0.609. The van der Waals surface area contributed by atoms with Crippen LogP contribution in [0.4, 0.5) is 0 Å². The van der Waals surface area contributed by atoms with Crippen LogP contribution in [0.5, 0.6) is 0 Å². The molecular weight excluding hydrogens is 267 g/mol. The van der Waals surface area contributed by atoms with E-state index in [1.165, 1.54) is 22.4 Å². The van der Waals surface area contributed by atoms with Crippen LogP contribution >= 0.6 is 0 Å². The Kier molecular flexibility index (Phi) is 4.44. The molecule has 0 aromatic heterocycles. The zero-order valence-electron chi connectivity index (χ0n) is 13.9. The molecule has 2 aromatic carbocycles. The molecule has 1 aliphatic rings. The summed E-state index contributed by atoms with van der Waals surface area (Å²) in [5.41, 5.74) is 3.29. The van der Waals surface area contributed by atoms with Gasteiger partial charge in [-0.15, -0.1) is 0 Å². The fourth-order valence-corrected chi connectivity index (χ4v) is 8.98. The Morgan fingerprint density at radius 2 is 1.57 bits per heavy atom. The largest absolute Gasteiger partial charge is 0.272 e. The van der Waals surface area contributed by atoms with Crippen molar-refractivity contribution in [2.45, 2.75) is 49.5 Å². The van der Waals surface area contributed by atoms with Crippen molar-refractivity contribution in [1.82, 2.24) is 0 Å². The van der Waals surface area contributed by atoms with Crippen molar-refractivity contribution in [3.8, 4) is 0 Å². The fourth-order valence-electron chi connectivity index (χ4n) is 4.33. The van der Waals surface area contributed by atoms with Gasteiger partial charge < -0.3 is 0 Å². The lowest BCUT2D eigenvalue weighted by Crippen LogP contribution is -2.26. The third-order valence-electron chi connectivity index (χ3n) is 4.98. The summed E-state index contributed by atoms with van der Waals surface area (Å²) in [5, 5.41) is 6.03. The summed E-state index contributed by atoms with van der Waals surface area (Å²) < 4.78 is 0.871. The molecule has 0 saturated carbocycles. The molecule has 0 bridgehead atoms. The lowest BCUT2D eigenvalue weighted by atomic mass is 10.1. The van der Waals surface area contributed by atoms with Gasteiger partial charge in [0.25, 0.3) is 14.1 Å². The van der Waals surface area contributed by atoms with Crippen molar-refractivity contribution in [2.24, 2.45) is 11.8 Å². The first-order valence-corrected chi connectivity index (χ1v) is 10.9. The van der Waals surface area contributed by atoms with Gasteiger partial charge in [-0.1, -0.05) is 91.3 Å². The predicted molar refractivity (Wildman–Crippen MR) is 95.4 cm³/mol. The van der Waals surface area contributed by atoms with Crippen molar-refractivity contribution in [3.05, 3.63) is 47.5 Å². The van der Waals surface area contributed by atoms with Crippen molar-refractivity contribution in [1.29, 1.82) is 0 Å². The molecule has 0 radical (unpaired) electrons. The standard InChI is InChI=1S/C12H9.2C4H9.Al/c1-3-9-4-2-6-11-8-7-10(5-1)12(9)11;2*1-4(2)3;/h1-7H,8H2;2*4H,1H2,2-3H3;. The van der Waals surface area contributed by atoms with Crippen LogP contribution in [0.2, 0.25) is 10.6 Å². The van der Waals surface area contributed by atoms with E-state index < -0.39 is 14.1 Å². The zero-order chi connectivity index (χ0) is 15.0. The topological polar surface area (TPSA) is 0 Å². The van der Waals surface area contributed by atoms with E-state index in [-0.39, 0.29) is 0 Å². The normalized spacial score (nSPS) is 17.1. The first kappa shape index (κ1) is 15.1. The van der Waals surface area contributed by atoms with Gasteiger partial charge in [0.2, 0.25) is 0 Å². The van der Waals surface area contributed by atoms with Gasteiger partial charge in [-0.3, -0.25) is 0 Å². The summed E-state index contributed by atoms with van der Waals surface area (Å²) in [7, 11) is 0. The molecule has 1 heteroatoms. The van der Waals surface area contributed by atoms with Crippen LogP contribution in [0.1, 0.15) is 43.6 Å². The molecular formula is C20H27Al. The Morgan fingerprint density at radius 3 is 2.19 bits per heavy atom. The molecule has 1 unspecified atom stereocenters. The van der Waals surface area contributed by atoms with E-state index >= 15 is 0 Å². The lowest BCUT2D eigenvalue weighted by molar-refractivity contribution is 0.675. The second-order valence-corrected chi connectivity index (χ2v) is 11.0. The van der Waals surface area contributed by atoms with E-state index in [2.05, 4.69) is 64.1 Å². The highest BCUT2D eigenvalue weighted by Crippen LogP contribution is 2.42. The van der Waals surface area contributed by atoms with Crippen LogP contribution in [0.25, 0.3) is 10.8 Å². The smallest absolute Gasteiger partial charge is 0.0911 e. The zero-order valence-corrected chi connectivity index (χ0v) is 15.0. The van der Waals surface area contributed by atoms with E-state index in [1.807, 2.05) is 0 Å². The van der Waals surface area contributed by atoms with Crippen LogP contribution in [0.15, 0.2) is 36.4 Å². The van der Waals surface area contributed by atoms with Gasteiger partial charge in [-0.2, -0.15) is 0 Å². The molecule has 0 heterocycles. The van der Waals surface area contributed by atoms with Crippen LogP contribution in [-0.2, 0) is 6.42 Å². The Morgan fingerprint density at radius 1 is 0.952 bits per heavy atom. The maximum Gasteiger partial charge on any atom is 0.272 e. The molecule has 21 heavy (non-hydrogen) atoms. The third-order valence-corrected chi connectivity index (χ3v) is 9.81. The van der Waals surface area contributed by atoms with E-state index in [4.69, 9.17) is 0 Å². The Bertz CT molecular complexity index is 612. The first-order chi connectivity index (χ1) is 10.1. The van der Waals surface area contributed by atoms with Crippen molar-refractivity contribution >= 4 is 24.9 Å². The van der Waals surface area contributed by atoms with Crippen LogP contribution < -0.4 is 0 Å². The number of benzene rings is 2. The average Bonchev–Trinajstić information content (AvgIpc) is 2.79. The molecule has 0 aliphatic heterocycles. The summed E-state index contributed by atoms with van der Waals surface area (Å²) in [6.07, 6.45) is 1.31. The number of hydrogen-bond donors (Lipinski definition) is 0. The van der Waals surface area contributed by atoms with Crippen molar-refractivity contribution in [3.63, 3.8) is 0 Å². The molecule has 0 nitrogen and oxygen atoms in total. The van der Waals surface area contributed by atoms with E-state index in [0.29, 0.717) is 0 Å². The van der Waals surface area contributed by atoms with E-state index in [0.717, 1.165) is 16.6 Å². The highest BCUT2D eigenvalue weighted by molar-refractivity contribution is 6.61. The molecule has 2 aromatic rings. The molecule has 0 N–H and O–H groups in total. The number of hydrogen-bond acceptors (Lipinski definition) is 0. The molecule has 0 spiro atoms. The maximum atomic E-state index is 2.42. The second kappa shape index (κ2) is 6.15. The minimum atomic E-state index is -0.753. The van der Waals surface area contributed by atoms with Crippen LogP contribution in [-0.4, -0.2) is 14.1 Å². The van der Waals surface area contributed by atoms with Crippen LogP contribution in [0.3, 0.4) is 0 Å².